The maximum atomic E-state index is 13.0. The number of halogens is 1. The quantitative estimate of drug-likeness (QED) is 0.329. The zero-order valence-electron chi connectivity index (χ0n) is 17.4. The van der Waals surface area contributed by atoms with Crippen LogP contribution < -0.4 is 21.7 Å². The molecule has 172 valence electrons. The van der Waals surface area contributed by atoms with E-state index in [1.165, 1.54) is 17.0 Å². The summed E-state index contributed by atoms with van der Waals surface area (Å²) in [6.45, 7) is 2.33. The Morgan fingerprint density at radius 2 is 1.90 bits per heavy atom. The highest BCUT2D eigenvalue weighted by Gasteiger charge is 2.36. The van der Waals surface area contributed by atoms with Gasteiger partial charge in [-0.05, 0) is 44.5 Å². The number of benzene rings is 1. The van der Waals surface area contributed by atoms with Crippen LogP contribution >= 0.6 is 0 Å². The number of rotatable bonds is 10. The van der Waals surface area contributed by atoms with Crippen LogP contribution in [0.5, 0.6) is 0 Å². The molecule has 1 heterocycles. The number of nitrogens with zero attached hydrogens (tertiary/aromatic N) is 1. The molecule has 0 spiro atoms. The molecular formula is C19H28FN5O5S. The number of hydrogen-bond donors (Lipinski definition) is 4. The van der Waals surface area contributed by atoms with Gasteiger partial charge in [0.2, 0.25) is 17.7 Å². The highest BCUT2D eigenvalue weighted by Crippen LogP contribution is 2.18. The smallest absolute Gasteiger partial charge is 0.332 e. The van der Waals surface area contributed by atoms with E-state index in [1.807, 2.05) is 0 Å². The Morgan fingerprint density at radius 1 is 1.26 bits per heavy atom. The molecule has 1 aromatic rings. The van der Waals surface area contributed by atoms with Crippen molar-refractivity contribution >= 4 is 27.9 Å². The predicted octanol–water partition coefficient (Wildman–Crippen LogP) is -0.997. The summed E-state index contributed by atoms with van der Waals surface area (Å²) in [5, 5.41) is 8.51. The van der Waals surface area contributed by atoms with Gasteiger partial charge in [0.1, 0.15) is 12.1 Å². The molecule has 0 bridgehead atoms. The second-order valence-corrected chi connectivity index (χ2v) is 8.72. The summed E-state index contributed by atoms with van der Waals surface area (Å²) in [5.41, 5.74) is 6.06. The lowest BCUT2D eigenvalue weighted by atomic mass is 10.1. The molecule has 0 aliphatic carbocycles. The van der Waals surface area contributed by atoms with Crippen molar-refractivity contribution in [1.82, 2.24) is 20.9 Å². The minimum absolute atomic E-state index is 0.0617. The summed E-state index contributed by atoms with van der Waals surface area (Å²) >= 11 is 0. The monoisotopic (exact) mass is 457 g/mol. The lowest BCUT2D eigenvalue weighted by Gasteiger charge is -2.28. The van der Waals surface area contributed by atoms with E-state index in [9.17, 15) is 26.7 Å². The van der Waals surface area contributed by atoms with E-state index in [0.29, 0.717) is 24.9 Å². The first-order chi connectivity index (χ1) is 14.5. The Hall–Kier alpha value is -2.57. The second kappa shape index (κ2) is 10.6. The van der Waals surface area contributed by atoms with Gasteiger partial charge in [0.05, 0.1) is 10.9 Å². The molecule has 0 unspecified atom stereocenters. The second-order valence-electron chi connectivity index (χ2n) is 7.38. The van der Waals surface area contributed by atoms with Crippen LogP contribution in [0.2, 0.25) is 0 Å². The normalized spacial score (nSPS) is 18.4. The van der Waals surface area contributed by atoms with Gasteiger partial charge in [0, 0.05) is 19.6 Å². The van der Waals surface area contributed by atoms with Crippen LogP contribution in [0.3, 0.4) is 0 Å². The zero-order valence-corrected chi connectivity index (χ0v) is 18.2. The molecule has 31 heavy (non-hydrogen) atoms. The molecule has 3 amide bonds. The molecule has 1 saturated heterocycles. The van der Waals surface area contributed by atoms with Gasteiger partial charge in [-0.1, -0.05) is 12.1 Å². The molecule has 10 nitrogen and oxygen atoms in total. The number of carbonyl (C=O) groups excluding carboxylic acids is 3. The van der Waals surface area contributed by atoms with Crippen molar-refractivity contribution in [3.63, 3.8) is 0 Å². The highest BCUT2D eigenvalue weighted by atomic mass is 32.3. The minimum atomic E-state index is -4.77. The van der Waals surface area contributed by atoms with E-state index >= 15 is 0 Å². The third kappa shape index (κ3) is 6.71. The summed E-state index contributed by atoms with van der Waals surface area (Å²) in [5.74, 6) is -1.38. The first-order valence-electron chi connectivity index (χ1n) is 9.86. The van der Waals surface area contributed by atoms with Crippen LogP contribution in [-0.4, -0.2) is 69.3 Å². The number of carbonyl (C=O) groups is 3. The molecule has 3 atom stereocenters. The van der Waals surface area contributed by atoms with Gasteiger partial charge in [-0.25, -0.2) is 0 Å². The number of likely N-dealkylation sites (tertiary alicyclic amines) is 1. The fourth-order valence-electron chi connectivity index (χ4n) is 3.29. The van der Waals surface area contributed by atoms with Gasteiger partial charge in [0.15, 0.2) is 0 Å². The van der Waals surface area contributed by atoms with Gasteiger partial charge in [-0.2, -0.15) is 8.42 Å². The molecule has 0 aromatic heterocycles. The molecule has 0 saturated carbocycles. The van der Waals surface area contributed by atoms with E-state index < -0.39 is 45.1 Å². The van der Waals surface area contributed by atoms with Gasteiger partial charge >= 0.3 is 10.2 Å². The van der Waals surface area contributed by atoms with Crippen LogP contribution in [0.4, 0.5) is 3.89 Å². The molecule has 0 radical (unpaired) electrons. The summed E-state index contributed by atoms with van der Waals surface area (Å²) < 4.78 is 34.8. The molecule has 5 N–H and O–H groups in total. The third-order valence-electron chi connectivity index (χ3n) is 5.19. The van der Waals surface area contributed by atoms with E-state index in [0.717, 1.165) is 12.1 Å². The first kappa shape index (κ1) is 24.7. The van der Waals surface area contributed by atoms with Gasteiger partial charge in [0.25, 0.3) is 0 Å². The number of hydrogen-bond acceptors (Lipinski definition) is 7. The maximum Gasteiger partial charge on any atom is 0.332 e. The maximum absolute atomic E-state index is 13.0. The molecule has 1 aliphatic heterocycles. The third-order valence-corrected chi connectivity index (χ3v) is 6.02. The Balaban J connectivity index is 2.07. The lowest BCUT2D eigenvalue weighted by Crippen LogP contribution is -2.58. The number of nitrogens with one attached hydrogen (secondary N) is 3. The van der Waals surface area contributed by atoms with Crippen LogP contribution in [0.1, 0.15) is 25.3 Å². The van der Waals surface area contributed by atoms with Crippen molar-refractivity contribution in [3.05, 3.63) is 29.8 Å². The van der Waals surface area contributed by atoms with Gasteiger partial charge in [-0.3, -0.25) is 14.4 Å². The average molecular weight is 458 g/mol. The van der Waals surface area contributed by atoms with Crippen LogP contribution in [0.15, 0.2) is 29.2 Å². The van der Waals surface area contributed by atoms with Gasteiger partial charge in [-0.15, -0.1) is 3.89 Å². The molecular weight excluding hydrogens is 429 g/mol. The van der Waals surface area contributed by atoms with Crippen molar-refractivity contribution in [2.45, 2.75) is 49.3 Å². The Kier molecular flexibility index (Phi) is 8.48. The molecule has 12 heteroatoms. The number of amides is 3. The standard InChI is InChI=1S/C19H28FN5O5S/c1-12(22-2)18(27)24-15(19(28)25-9-3-4-16(25)17(21)26)11-23-10-13-5-7-14(8-6-13)31(20,29)30/h5-8,12,15-16,22-23H,3-4,9-11H2,1-2H3,(H2,21,26)(H,24,27)/t12-,15-,16-/m0/s1. The largest absolute Gasteiger partial charge is 0.368 e. The van der Waals surface area contributed by atoms with E-state index in [4.69, 9.17) is 5.73 Å². The minimum Gasteiger partial charge on any atom is -0.368 e. The van der Waals surface area contributed by atoms with Crippen LogP contribution in [0, 0.1) is 0 Å². The van der Waals surface area contributed by atoms with Crippen molar-refractivity contribution in [2.24, 2.45) is 5.73 Å². The molecule has 1 fully saturated rings. The fraction of sp³-hybridized carbons (Fsp3) is 0.526. The lowest BCUT2D eigenvalue weighted by molar-refractivity contribution is -0.140. The van der Waals surface area contributed by atoms with E-state index in [1.54, 1.807) is 14.0 Å². The number of nitrogens with two attached hydrogens (primary N) is 1. The van der Waals surface area contributed by atoms with Crippen molar-refractivity contribution in [2.75, 3.05) is 20.1 Å². The van der Waals surface area contributed by atoms with E-state index in [2.05, 4.69) is 16.0 Å². The van der Waals surface area contributed by atoms with Crippen LogP contribution in [-0.2, 0) is 31.2 Å². The SMILES string of the molecule is CN[C@@H](C)C(=O)N[C@@H](CNCc1ccc(S(=O)(=O)F)cc1)C(=O)N1CCC[C@H]1C(N)=O. The molecule has 1 aromatic carbocycles. The number of primary amides is 1. The fourth-order valence-corrected chi connectivity index (χ4v) is 3.75. The van der Waals surface area contributed by atoms with Gasteiger partial charge < -0.3 is 26.6 Å². The summed E-state index contributed by atoms with van der Waals surface area (Å²) in [4.78, 5) is 38.0. The predicted molar refractivity (Wildman–Crippen MR) is 111 cm³/mol. The topological polar surface area (TPSA) is 151 Å². The van der Waals surface area contributed by atoms with Crippen molar-refractivity contribution in [1.29, 1.82) is 0 Å². The molecule has 2 rings (SSSR count). The van der Waals surface area contributed by atoms with Crippen molar-refractivity contribution < 1.29 is 26.7 Å². The van der Waals surface area contributed by atoms with Crippen molar-refractivity contribution in [3.8, 4) is 0 Å². The Bertz CT molecular complexity index is 909. The number of likely N-dealkylation sites (N-methyl/N-ethyl adjacent to an activating group) is 1. The average Bonchev–Trinajstić information content (AvgIpc) is 3.21. The van der Waals surface area contributed by atoms with Crippen LogP contribution in [0.25, 0.3) is 0 Å². The Labute approximate surface area is 180 Å². The van der Waals surface area contributed by atoms with E-state index in [-0.39, 0.29) is 19.0 Å². The Morgan fingerprint density at radius 3 is 2.45 bits per heavy atom. The summed E-state index contributed by atoms with van der Waals surface area (Å²) in [6.07, 6.45) is 1.12. The molecule has 1 aliphatic rings. The summed E-state index contributed by atoms with van der Waals surface area (Å²) in [6, 6.07) is 3.01. The highest BCUT2D eigenvalue weighted by molar-refractivity contribution is 7.86. The summed E-state index contributed by atoms with van der Waals surface area (Å²) in [7, 11) is -3.16. The zero-order chi connectivity index (χ0) is 23.2. The first-order valence-corrected chi connectivity index (χ1v) is 11.2.